The summed E-state index contributed by atoms with van der Waals surface area (Å²) in [5.74, 6) is 1.07. The first-order valence-corrected chi connectivity index (χ1v) is 9.32. The van der Waals surface area contributed by atoms with E-state index < -0.39 is 0 Å². The molecule has 0 atom stereocenters. The van der Waals surface area contributed by atoms with Crippen LogP contribution in [0.5, 0.6) is 0 Å². The number of nitrogens with one attached hydrogen (secondary N) is 1. The van der Waals surface area contributed by atoms with Gasteiger partial charge in [-0.3, -0.25) is 4.79 Å². The van der Waals surface area contributed by atoms with Gasteiger partial charge in [-0.05, 0) is 18.6 Å². The summed E-state index contributed by atoms with van der Waals surface area (Å²) in [6.07, 6.45) is 2.44. The number of thioether (sulfide) groups is 1. The quantitative estimate of drug-likeness (QED) is 0.770. The van der Waals surface area contributed by atoms with Gasteiger partial charge in [-0.15, -0.1) is 0 Å². The molecule has 0 saturated carbocycles. The third-order valence-electron chi connectivity index (χ3n) is 4.23. The van der Waals surface area contributed by atoms with Crippen LogP contribution in [-0.2, 0) is 17.8 Å². The maximum atomic E-state index is 12.5. The number of para-hydroxylation sites is 1. The molecule has 1 N–H and O–H groups in total. The number of hydrogen-bond donors (Lipinski definition) is 1. The van der Waals surface area contributed by atoms with Crippen LogP contribution < -0.4 is 5.32 Å². The predicted molar refractivity (Wildman–Crippen MR) is 102 cm³/mol. The number of carbonyl (C=O) groups excluding carboxylic acids is 1. The van der Waals surface area contributed by atoms with Crippen molar-refractivity contribution in [1.29, 1.82) is 0 Å². The zero-order valence-electron chi connectivity index (χ0n) is 14.0. The largest absolute Gasteiger partial charge is 0.325 e. The number of fused-ring (bicyclic) bond motifs is 1. The Bertz CT molecular complexity index is 911. The fourth-order valence-corrected chi connectivity index (χ4v) is 4.00. The van der Waals surface area contributed by atoms with Gasteiger partial charge in [0, 0.05) is 24.1 Å². The van der Waals surface area contributed by atoms with E-state index in [0.717, 1.165) is 45.5 Å². The van der Waals surface area contributed by atoms with Crippen molar-refractivity contribution in [3.05, 3.63) is 65.9 Å². The smallest absolute Gasteiger partial charge is 0.228 e. The molecule has 4 rings (SSSR count). The number of nitrogens with zero attached hydrogens (tertiary/aromatic N) is 2. The van der Waals surface area contributed by atoms with Crippen molar-refractivity contribution >= 4 is 23.4 Å². The van der Waals surface area contributed by atoms with Crippen molar-refractivity contribution in [3.8, 4) is 11.3 Å². The van der Waals surface area contributed by atoms with Gasteiger partial charge in [0.15, 0.2) is 5.16 Å². The van der Waals surface area contributed by atoms with Crippen molar-refractivity contribution in [2.24, 2.45) is 0 Å². The minimum atomic E-state index is -0.0147. The topological polar surface area (TPSA) is 46.9 Å². The molecule has 126 valence electrons. The third-order valence-corrected chi connectivity index (χ3v) is 5.20. The summed E-state index contributed by atoms with van der Waals surface area (Å²) in [6, 6.07) is 15.9. The molecular weight excluding hydrogens is 330 g/mol. The third kappa shape index (κ3) is 3.46. The molecule has 2 heterocycles. The van der Waals surface area contributed by atoms with E-state index in [1.807, 2.05) is 55.5 Å². The molecule has 2 aromatic carbocycles. The molecule has 1 aliphatic rings. The molecule has 0 radical (unpaired) electrons. The Labute approximate surface area is 151 Å². The Balaban J connectivity index is 1.55. The maximum absolute atomic E-state index is 12.5. The van der Waals surface area contributed by atoms with Crippen LogP contribution in [0.15, 0.2) is 59.9 Å². The Morgan fingerprint density at radius 2 is 2.12 bits per heavy atom. The second kappa shape index (κ2) is 6.76. The second-order valence-corrected chi connectivity index (χ2v) is 7.27. The van der Waals surface area contributed by atoms with Crippen molar-refractivity contribution < 1.29 is 4.79 Å². The van der Waals surface area contributed by atoms with Gasteiger partial charge in [0.25, 0.3) is 0 Å². The van der Waals surface area contributed by atoms with Crippen LogP contribution in [0.2, 0.25) is 0 Å². The monoisotopic (exact) mass is 349 g/mol. The minimum absolute atomic E-state index is 0.0147. The van der Waals surface area contributed by atoms with Gasteiger partial charge in [0.1, 0.15) is 0 Å². The summed E-state index contributed by atoms with van der Waals surface area (Å²) in [7, 11) is 0. The normalized spacial score (nSPS) is 12.8. The van der Waals surface area contributed by atoms with Gasteiger partial charge in [-0.25, -0.2) is 4.98 Å². The molecule has 0 saturated heterocycles. The highest BCUT2D eigenvalue weighted by Gasteiger charge is 2.17. The molecule has 0 unspecified atom stereocenters. The standard InChI is InChI=1S/C20H19N3OS/c1-14-5-4-6-15(11-14)12-19(24)21-17-8-3-2-7-16(17)18-13-23-9-10-25-20(23)22-18/h2-8,11,13H,9-10,12H2,1H3,(H,21,24). The number of amides is 1. The SMILES string of the molecule is Cc1cccc(CC(=O)Nc2ccccc2-c2cn3c(n2)SCC3)c1. The van der Waals surface area contributed by atoms with E-state index in [4.69, 9.17) is 4.98 Å². The lowest BCUT2D eigenvalue weighted by molar-refractivity contribution is -0.115. The number of carbonyl (C=O) groups is 1. The van der Waals surface area contributed by atoms with Crippen LogP contribution in [0.1, 0.15) is 11.1 Å². The van der Waals surface area contributed by atoms with Gasteiger partial charge >= 0.3 is 0 Å². The molecule has 0 fully saturated rings. The summed E-state index contributed by atoms with van der Waals surface area (Å²) in [5, 5.41) is 4.10. The number of anilines is 1. The number of imidazole rings is 1. The molecule has 0 spiro atoms. The minimum Gasteiger partial charge on any atom is -0.325 e. The summed E-state index contributed by atoms with van der Waals surface area (Å²) >= 11 is 1.77. The summed E-state index contributed by atoms with van der Waals surface area (Å²) < 4.78 is 2.17. The van der Waals surface area contributed by atoms with Crippen LogP contribution >= 0.6 is 11.8 Å². The Morgan fingerprint density at radius 3 is 2.96 bits per heavy atom. The molecule has 1 aliphatic heterocycles. The van der Waals surface area contributed by atoms with Crippen molar-refractivity contribution in [2.45, 2.75) is 25.0 Å². The highest BCUT2D eigenvalue weighted by Crippen LogP contribution is 2.32. The van der Waals surface area contributed by atoms with E-state index in [9.17, 15) is 4.79 Å². The van der Waals surface area contributed by atoms with Crippen LogP contribution in [-0.4, -0.2) is 21.2 Å². The lowest BCUT2D eigenvalue weighted by Crippen LogP contribution is -2.15. The highest BCUT2D eigenvalue weighted by atomic mass is 32.2. The molecule has 3 aromatic rings. The van der Waals surface area contributed by atoms with E-state index in [2.05, 4.69) is 16.1 Å². The number of aromatic nitrogens is 2. The maximum Gasteiger partial charge on any atom is 0.228 e. The van der Waals surface area contributed by atoms with Gasteiger partial charge < -0.3 is 9.88 Å². The lowest BCUT2D eigenvalue weighted by atomic mass is 10.1. The highest BCUT2D eigenvalue weighted by molar-refractivity contribution is 7.99. The zero-order chi connectivity index (χ0) is 17.2. The van der Waals surface area contributed by atoms with Crippen LogP contribution in [0.3, 0.4) is 0 Å². The van der Waals surface area contributed by atoms with Crippen molar-refractivity contribution in [1.82, 2.24) is 9.55 Å². The fraction of sp³-hybridized carbons (Fsp3) is 0.200. The molecular formula is C20H19N3OS. The van der Waals surface area contributed by atoms with E-state index in [-0.39, 0.29) is 5.91 Å². The Morgan fingerprint density at radius 1 is 1.24 bits per heavy atom. The van der Waals surface area contributed by atoms with Gasteiger partial charge in [-0.1, -0.05) is 59.8 Å². The summed E-state index contributed by atoms with van der Waals surface area (Å²) in [5.41, 5.74) is 4.86. The number of aryl methyl sites for hydroxylation is 2. The molecule has 4 nitrogen and oxygen atoms in total. The Kier molecular flexibility index (Phi) is 4.32. The molecule has 1 aromatic heterocycles. The summed E-state index contributed by atoms with van der Waals surface area (Å²) in [6.45, 7) is 3.03. The molecule has 1 amide bonds. The van der Waals surface area contributed by atoms with Crippen LogP contribution in [0.4, 0.5) is 5.69 Å². The average Bonchev–Trinajstić information content (AvgIpc) is 3.17. The zero-order valence-corrected chi connectivity index (χ0v) is 14.8. The Hall–Kier alpha value is -2.53. The van der Waals surface area contributed by atoms with Crippen molar-refractivity contribution in [2.75, 3.05) is 11.1 Å². The number of benzene rings is 2. The van der Waals surface area contributed by atoms with E-state index >= 15 is 0 Å². The van der Waals surface area contributed by atoms with Crippen LogP contribution in [0, 0.1) is 6.92 Å². The average molecular weight is 349 g/mol. The first-order valence-electron chi connectivity index (χ1n) is 8.34. The van der Waals surface area contributed by atoms with Crippen LogP contribution in [0.25, 0.3) is 11.3 Å². The molecule has 0 aliphatic carbocycles. The van der Waals surface area contributed by atoms with Gasteiger partial charge in [-0.2, -0.15) is 0 Å². The molecule has 0 bridgehead atoms. The van der Waals surface area contributed by atoms with Gasteiger partial charge in [0.05, 0.1) is 17.8 Å². The molecule has 25 heavy (non-hydrogen) atoms. The number of rotatable bonds is 4. The summed E-state index contributed by atoms with van der Waals surface area (Å²) in [4.78, 5) is 17.2. The second-order valence-electron chi connectivity index (χ2n) is 6.21. The first kappa shape index (κ1) is 16.0. The first-order chi connectivity index (χ1) is 12.2. The number of hydrogen-bond acceptors (Lipinski definition) is 3. The fourth-order valence-electron chi connectivity index (χ4n) is 3.06. The van der Waals surface area contributed by atoms with E-state index in [1.165, 1.54) is 0 Å². The molecule has 5 heteroatoms. The predicted octanol–water partition coefficient (Wildman–Crippen LogP) is 4.15. The van der Waals surface area contributed by atoms with E-state index in [0.29, 0.717) is 6.42 Å². The lowest BCUT2D eigenvalue weighted by Gasteiger charge is -2.10. The van der Waals surface area contributed by atoms with E-state index in [1.54, 1.807) is 11.8 Å². The van der Waals surface area contributed by atoms with Crippen molar-refractivity contribution in [3.63, 3.8) is 0 Å². The van der Waals surface area contributed by atoms with Gasteiger partial charge in [0.2, 0.25) is 5.91 Å².